The summed E-state index contributed by atoms with van der Waals surface area (Å²) in [5, 5.41) is 10.0. The molecule has 1 fully saturated rings. The molecule has 1 aliphatic heterocycles. The van der Waals surface area contributed by atoms with Gasteiger partial charge in [0.15, 0.2) is 0 Å². The topological polar surface area (TPSA) is 67.2 Å². The molecule has 1 amide bonds. The van der Waals surface area contributed by atoms with Crippen LogP contribution in [0.15, 0.2) is 4.52 Å². The second kappa shape index (κ2) is 6.02. The second-order valence-corrected chi connectivity index (χ2v) is 4.24. The summed E-state index contributed by atoms with van der Waals surface area (Å²) in [7, 11) is 0. The van der Waals surface area contributed by atoms with Gasteiger partial charge in [0, 0.05) is 18.2 Å². The van der Waals surface area contributed by atoms with Crippen molar-refractivity contribution in [2.75, 3.05) is 13.1 Å². The molecular weight excluding hydrogens is 242 g/mol. The first-order valence-electron chi connectivity index (χ1n) is 5.58. The van der Waals surface area contributed by atoms with E-state index in [0.29, 0.717) is 6.42 Å². The molecule has 0 saturated carbocycles. The van der Waals surface area contributed by atoms with Gasteiger partial charge in [0.2, 0.25) is 5.91 Å². The molecule has 0 radical (unpaired) electrons. The van der Waals surface area contributed by atoms with Crippen molar-refractivity contribution in [3.05, 3.63) is 17.0 Å². The molecule has 0 aromatic carbocycles. The van der Waals surface area contributed by atoms with E-state index in [1.54, 1.807) is 0 Å². The van der Waals surface area contributed by atoms with Crippen LogP contribution in [0.3, 0.4) is 0 Å². The molecule has 0 aliphatic carbocycles. The molecule has 2 N–H and O–H groups in total. The van der Waals surface area contributed by atoms with Gasteiger partial charge >= 0.3 is 0 Å². The third kappa shape index (κ3) is 3.44. The molecule has 1 atom stereocenters. The first kappa shape index (κ1) is 14.0. The number of carbonyl (C=O) groups excluding carboxylic acids is 1. The van der Waals surface area contributed by atoms with Crippen LogP contribution in [0.2, 0.25) is 0 Å². The van der Waals surface area contributed by atoms with Crippen molar-refractivity contribution < 1.29 is 9.32 Å². The molecule has 0 spiro atoms. The molecule has 0 bridgehead atoms. The summed E-state index contributed by atoms with van der Waals surface area (Å²) in [4.78, 5) is 11.8. The van der Waals surface area contributed by atoms with Gasteiger partial charge in [0.25, 0.3) is 0 Å². The lowest BCUT2D eigenvalue weighted by molar-refractivity contribution is -0.121. The lowest BCUT2D eigenvalue weighted by Gasteiger charge is -2.10. The summed E-state index contributed by atoms with van der Waals surface area (Å²) in [5.74, 6) is 0.778. The Morgan fingerprint density at radius 1 is 1.59 bits per heavy atom. The quantitative estimate of drug-likeness (QED) is 0.840. The van der Waals surface area contributed by atoms with Crippen molar-refractivity contribution in [1.29, 1.82) is 0 Å². The second-order valence-electron chi connectivity index (χ2n) is 4.24. The zero-order valence-electron chi connectivity index (χ0n) is 10.1. The Labute approximate surface area is 107 Å². The summed E-state index contributed by atoms with van der Waals surface area (Å²) >= 11 is 0. The SMILES string of the molecule is Cc1noc(C)c1CC(=O)NC1CCNC1.Cl. The average molecular weight is 260 g/mol. The van der Waals surface area contributed by atoms with E-state index in [1.807, 2.05) is 13.8 Å². The van der Waals surface area contributed by atoms with Gasteiger partial charge in [-0.15, -0.1) is 12.4 Å². The fourth-order valence-electron chi connectivity index (χ4n) is 1.97. The highest BCUT2D eigenvalue weighted by Gasteiger charge is 2.19. The lowest BCUT2D eigenvalue weighted by atomic mass is 10.1. The molecular formula is C11H18ClN3O2. The Balaban J connectivity index is 0.00000144. The van der Waals surface area contributed by atoms with Crippen LogP contribution >= 0.6 is 12.4 Å². The molecule has 1 saturated heterocycles. The molecule has 6 heteroatoms. The minimum absolute atomic E-state index is 0. The van der Waals surface area contributed by atoms with E-state index in [4.69, 9.17) is 4.52 Å². The number of aromatic nitrogens is 1. The zero-order valence-corrected chi connectivity index (χ0v) is 10.9. The lowest BCUT2D eigenvalue weighted by Crippen LogP contribution is -2.37. The number of nitrogens with zero attached hydrogens (tertiary/aromatic N) is 1. The fraction of sp³-hybridized carbons (Fsp3) is 0.636. The number of carbonyl (C=O) groups is 1. The Bertz CT molecular complexity index is 367. The van der Waals surface area contributed by atoms with E-state index in [-0.39, 0.29) is 24.4 Å². The van der Waals surface area contributed by atoms with E-state index in [0.717, 1.165) is 36.5 Å². The van der Waals surface area contributed by atoms with Crippen LogP contribution < -0.4 is 10.6 Å². The normalized spacial score (nSPS) is 18.8. The predicted molar refractivity (Wildman–Crippen MR) is 66.3 cm³/mol. The van der Waals surface area contributed by atoms with Crippen molar-refractivity contribution in [1.82, 2.24) is 15.8 Å². The summed E-state index contributed by atoms with van der Waals surface area (Å²) < 4.78 is 5.02. The standard InChI is InChI=1S/C11H17N3O2.ClH/c1-7-10(8(2)16-14-7)5-11(15)13-9-3-4-12-6-9;/h9,12H,3-6H2,1-2H3,(H,13,15);1H. The largest absolute Gasteiger partial charge is 0.361 e. The van der Waals surface area contributed by atoms with Crippen molar-refractivity contribution in [3.63, 3.8) is 0 Å². The first-order chi connectivity index (χ1) is 7.66. The number of amides is 1. The van der Waals surface area contributed by atoms with Crippen LogP contribution in [0.5, 0.6) is 0 Å². The van der Waals surface area contributed by atoms with Crippen molar-refractivity contribution in [2.24, 2.45) is 0 Å². The maximum atomic E-state index is 11.8. The smallest absolute Gasteiger partial charge is 0.224 e. The van der Waals surface area contributed by atoms with E-state index >= 15 is 0 Å². The monoisotopic (exact) mass is 259 g/mol. The Hall–Kier alpha value is -1.07. The van der Waals surface area contributed by atoms with Gasteiger partial charge in [-0.05, 0) is 26.8 Å². The number of hydrogen-bond donors (Lipinski definition) is 2. The van der Waals surface area contributed by atoms with Crippen LogP contribution in [0, 0.1) is 13.8 Å². The van der Waals surface area contributed by atoms with Gasteiger partial charge in [0.05, 0.1) is 12.1 Å². The molecule has 96 valence electrons. The molecule has 2 rings (SSSR count). The number of nitrogens with one attached hydrogen (secondary N) is 2. The Morgan fingerprint density at radius 3 is 2.88 bits per heavy atom. The van der Waals surface area contributed by atoms with Crippen LogP contribution in [0.25, 0.3) is 0 Å². The van der Waals surface area contributed by atoms with Gasteiger partial charge in [-0.25, -0.2) is 0 Å². The number of halogens is 1. The van der Waals surface area contributed by atoms with E-state index in [9.17, 15) is 4.79 Å². The van der Waals surface area contributed by atoms with Crippen LogP contribution in [0.4, 0.5) is 0 Å². The van der Waals surface area contributed by atoms with Gasteiger partial charge in [-0.2, -0.15) is 0 Å². The van der Waals surface area contributed by atoms with Gasteiger partial charge < -0.3 is 15.2 Å². The Kier molecular flexibility index (Phi) is 4.96. The maximum Gasteiger partial charge on any atom is 0.224 e. The minimum Gasteiger partial charge on any atom is -0.361 e. The van der Waals surface area contributed by atoms with E-state index in [1.165, 1.54) is 0 Å². The third-order valence-electron chi connectivity index (χ3n) is 2.94. The van der Waals surface area contributed by atoms with Gasteiger partial charge in [-0.3, -0.25) is 4.79 Å². The summed E-state index contributed by atoms with van der Waals surface area (Å²) in [6.07, 6.45) is 1.37. The first-order valence-corrected chi connectivity index (χ1v) is 5.58. The summed E-state index contributed by atoms with van der Waals surface area (Å²) in [6.45, 7) is 5.54. The van der Waals surface area contributed by atoms with Crippen LogP contribution in [0.1, 0.15) is 23.4 Å². The number of aryl methyl sites for hydroxylation is 2. The van der Waals surface area contributed by atoms with Crippen LogP contribution in [-0.2, 0) is 11.2 Å². The van der Waals surface area contributed by atoms with Crippen molar-refractivity contribution >= 4 is 18.3 Å². The highest BCUT2D eigenvalue weighted by Crippen LogP contribution is 2.12. The average Bonchev–Trinajstić information content (AvgIpc) is 2.83. The van der Waals surface area contributed by atoms with Crippen LogP contribution in [-0.4, -0.2) is 30.2 Å². The highest BCUT2D eigenvalue weighted by atomic mass is 35.5. The molecule has 1 aromatic rings. The molecule has 1 unspecified atom stereocenters. The maximum absolute atomic E-state index is 11.8. The van der Waals surface area contributed by atoms with Crippen molar-refractivity contribution in [3.8, 4) is 0 Å². The molecule has 1 aromatic heterocycles. The summed E-state index contributed by atoms with van der Waals surface area (Å²) in [5.41, 5.74) is 1.71. The van der Waals surface area contributed by atoms with Gasteiger partial charge in [-0.1, -0.05) is 5.16 Å². The predicted octanol–water partition coefficient (Wildman–Crippen LogP) is 0.734. The minimum atomic E-state index is 0. The third-order valence-corrected chi connectivity index (χ3v) is 2.94. The molecule has 1 aliphatic rings. The molecule has 17 heavy (non-hydrogen) atoms. The fourth-order valence-corrected chi connectivity index (χ4v) is 1.97. The Morgan fingerprint density at radius 2 is 2.35 bits per heavy atom. The molecule has 2 heterocycles. The number of rotatable bonds is 3. The number of hydrogen-bond acceptors (Lipinski definition) is 4. The highest BCUT2D eigenvalue weighted by molar-refractivity contribution is 5.85. The molecule has 5 nitrogen and oxygen atoms in total. The van der Waals surface area contributed by atoms with Gasteiger partial charge in [0.1, 0.15) is 5.76 Å². The summed E-state index contributed by atoms with van der Waals surface area (Å²) in [6, 6.07) is 0.271. The van der Waals surface area contributed by atoms with E-state index < -0.39 is 0 Å². The van der Waals surface area contributed by atoms with E-state index in [2.05, 4.69) is 15.8 Å². The zero-order chi connectivity index (χ0) is 11.5. The van der Waals surface area contributed by atoms with Crippen molar-refractivity contribution in [2.45, 2.75) is 32.7 Å².